The fourth-order valence-corrected chi connectivity index (χ4v) is 3.68. The number of sulfonamides is 1. The SMILES string of the molecule is O=S(=O)(Nc1ccsc1-c1nc(C2CC2)no1)c1cnoc1. The third kappa shape index (κ3) is 2.40. The minimum atomic E-state index is -3.76. The largest absolute Gasteiger partial charge is 0.363 e. The first kappa shape index (κ1) is 13.5. The van der Waals surface area contributed by atoms with Crippen molar-refractivity contribution in [2.75, 3.05) is 4.72 Å². The minimum absolute atomic E-state index is 0.0474. The fourth-order valence-electron chi connectivity index (χ4n) is 1.92. The maximum absolute atomic E-state index is 12.2. The number of nitrogens with one attached hydrogen (secondary N) is 1. The molecule has 1 N–H and O–H groups in total. The summed E-state index contributed by atoms with van der Waals surface area (Å²) in [6, 6.07) is 1.64. The maximum atomic E-state index is 12.2. The van der Waals surface area contributed by atoms with Crippen LogP contribution in [-0.4, -0.2) is 23.7 Å². The minimum Gasteiger partial charge on any atom is -0.363 e. The molecule has 22 heavy (non-hydrogen) atoms. The van der Waals surface area contributed by atoms with E-state index < -0.39 is 10.0 Å². The molecule has 1 saturated carbocycles. The number of anilines is 1. The van der Waals surface area contributed by atoms with E-state index in [-0.39, 0.29) is 4.90 Å². The first-order valence-electron chi connectivity index (χ1n) is 6.47. The molecule has 4 rings (SSSR count). The van der Waals surface area contributed by atoms with E-state index in [0.717, 1.165) is 25.3 Å². The zero-order valence-corrected chi connectivity index (χ0v) is 12.7. The van der Waals surface area contributed by atoms with E-state index in [4.69, 9.17) is 4.52 Å². The molecule has 0 atom stereocenters. The summed E-state index contributed by atoms with van der Waals surface area (Å²) in [6.07, 6.45) is 4.32. The molecule has 0 bridgehead atoms. The molecule has 0 amide bonds. The van der Waals surface area contributed by atoms with Gasteiger partial charge in [-0.1, -0.05) is 10.3 Å². The number of rotatable bonds is 5. The standard InChI is InChI=1S/C12H10N4O4S2/c17-22(18,8-5-13-19-6-8)16-9-3-4-21-10(9)12-14-11(15-20-12)7-1-2-7/h3-7,16H,1-2H2. The van der Waals surface area contributed by atoms with E-state index in [2.05, 4.69) is 24.5 Å². The quantitative estimate of drug-likeness (QED) is 0.760. The van der Waals surface area contributed by atoms with Crippen molar-refractivity contribution in [3.05, 3.63) is 29.7 Å². The molecule has 1 aliphatic carbocycles. The van der Waals surface area contributed by atoms with Crippen LogP contribution >= 0.6 is 11.3 Å². The molecule has 0 unspecified atom stereocenters. The Labute approximate surface area is 129 Å². The maximum Gasteiger partial charge on any atom is 0.270 e. The number of hydrogen-bond donors (Lipinski definition) is 1. The first-order valence-corrected chi connectivity index (χ1v) is 8.83. The second-order valence-corrected chi connectivity index (χ2v) is 7.46. The lowest BCUT2D eigenvalue weighted by Crippen LogP contribution is -2.12. The third-order valence-corrected chi connectivity index (χ3v) is 5.42. The monoisotopic (exact) mass is 338 g/mol. The summed E-state index contributed by atoms with van der Waals surface area (Å²) < 4.78 is 36.7. The van der Waals surface area contributed by atoms with Crippen molar-refractivity contribution >= 4 is 27.0 Å². The lowest BCUT2D eigenvalue weighted by Gasteiger charge is -2.04. The first-order chi connectivity index (χ1) is 10.6. The average molecular weight is 338 g/mol. The van der Waals surface area contributed by atoms with E-state index >= 15 is 0 Å². The highest BCUT2D eigenvalue weighted by Gasteiger charge is 2.30. The van der Waals surface area contributed by atoms with E-state index in [9.17, 15) is 8.42 Å². The summed E-state index contributed by atoms with van der Waals surface area (Å²) >= 11 is 1.32. The summed E-state index contributed by atoms with van der Waals surface area (Å²) in [7, 11) is -3.76. The zero-order valence-electron chi connectivity index (χ0n) is 11.1. The molecule has 0 saturated heterocycles. The van der Waals surface area contributed by atoms with Crippen molar-refractivity contribution in [1.82, 2.24) is 15.3 Å². The Morgan fingerprint density at radius 3 is 2.95 bits per heavy atom. The number of aromatic nitrogens is 3. The highest BCUT2D eigenvalue weighted by atomic mass is 32.2. The van der Waals surface area contributed by atoms with Crippen molar-refractivity contribution in [3.63, 3.8) is 0 Å². The molecule has 114 valence electrons. The van der Waals surface area contributed by atoms with Crippen LogP contribution in [0.25, 0.3) is 10.8 Å². The molecular formula is C12H10N4O4S2. The number of nitrogens with zero attached hydrogens (tertiary/aromatic N) is 3. The van der Waals surface area contributed by atoms with Crippen LogP contribution in [0.3, 0.4) is 0 Å². The summed E-state index contributed by atoms with van der Waals surface area (Å²) in [5.41, 5.74) is 0.386. The predicted molar refractivity (Wildman–Crippen MR) is 76.9 cm³/mol. The van der Waals surface area contributed by atoms with Crippen LogP contribution in [-0.2, 0) is 10.0 Å². The predicted octanol–water partition coefficient (Wildman–Crippen LogP) is 2.46. The molecule has 3 aromatic rings. The lowest BCUT2D eigenvalue weighted by atomic mass is 10.4. The van der Waals surface area contributed by atoms with Gasteiger partial charge in [0.15, 0.2) is 5.82 Å². The molecule has 1 fully saturated rings. The molecule has 1 aliphatic rings. The van der Waals surface area contributed by atoms with Gasteiger partial charge >= 0.3 is 0 Å². The summed E-state index contributed by atoms with van der Waals surface area (Å²) in [6.45, 7) is 0. The Bertz CT molecular complexity index is 893. The topological polar surface area (TPSA) is 111 Å². The van der Waals surface area contributed by atoms with Gasteiger partial charge in [0.2, 0.25) is 0 Å². The Morgan fingerprint density at radius 1 is 1.36 bits per heavy atom. The van der Waals surface area contributed by atoms with E-state index in [0.29, 0.717) is 28.2 Å². The fraction of sp³-hybridized carbons (Fsp3) is 0.250. The number of hydrogen-bond acceptors (Lipinski definition) is 8. The van der Waals surface area contributed by atoms with Gasteiger partial charge in [-0.2, -0.15) is 4.98 Å². The van der Waals surface area contributed by atoms with E-state index in [1.165, 1.54) is 11.3 Å². The third-order valence-electron chi connectivity index (χ3n) is 3.21. The molecule has 10 heteroatoms. The molecule has 3 aromatic heterocycles. The Morgan fingerprint density at radius 2 is 2.23 bits per heavy atom. The van der Waals surface area contributed by atoms with Gasteiger partial charge < -0.3 is 9.05 Å². The number of thiophene rings is 1. The van der Waals surface area contributed by atoms with Gasteiger partial charge in [-0.05, 0) is 24.3 Å². The van der Waals surface area contributed by atoms with Crippen LogP contribution in [0, 0.1) is 0 Å². The van der Waals surface area contributed by atoms with Gasteiger partial charge in [-0.15, -0.1) is 11.3 Å². The Hall–Kier alpha value is -2.20. The van der Waals surface area contributed by atoms with Gasteiger partial charge in [0.1, 0.15) is 16.0 Å². The molecule has 0 spiro atoms. The van der Waals surface area contributed by atoms with Crippen LogP contribution in [0.4, 0.5) is 5.69 Å². The van der Waals surface area contributed by atoms with Gasteiger partial charge in [-0.25, -0.2) is 8.42 Å². The second kappa shape index (κ2) is 4.92. The van der Waals surface area contributed by atoms with Crippen molar-refractivity contribution in [1.29, 1.82) is 0 Å². The van der Waals surface area contributed by atoms with Crippen molar-refractivity contribution in [2.24, 2.45) is 0 Å². The molecular weight excluding hydrogens is 328 g/mol. The van der Waals surface area contributed by atoms with Crippen LogP contribution in [0.15, 0.2) is 37.8 Å². The molecule has 3 heterocycles. The van der Waals surface area contributed by atoms with Crippen LogP contribution in [0.2, 0.25) is 0 Å². The van der Waals surface area contributed by atoms with Gasteiger partial charge in [0.25, 0.3) is 15.9 Å². The van der Waals surface area contributed by atoms with Gasteiger partial charge in [0, 0.05) is 5.92 Å². The average Bonchev–Trinajstić information content (AvgIpc) is 2.96. The Balaban J connectivity index is 1.65. The van der Waals surface area contributed by atoms with E-state index in [1.54, 1.807) is 11.4 Å². The van der Waals surface area contributed by atoms with E-state index in [1.807, 2.05) is 0 Å². The molecule has 0 aromatic carbocycles. The van der Waals surface area contributed by atoms with Gasteiger partial charge in [0.05, 0.1) is 11.9 Å². The lowest BCUT2D eigenvalue weighted by molar-refractivity contribution is 0.417. The summed E-state index contributed by atoms with van der Waals surface area (Å²) in [5, 5.41) is 9.09. The van der Waals surface area contributed by atoms with Crippen molar-refractivity contribution < 1.29 is 17.5 Å². The summed E-state index contributed by atoms with van der Waals surface area (Å²) in [4.78, 5) is 4.87. The van der Waals surface area contributed by atoms with Crippen LogP contribution < -0.4 is 4.72 Å². The summed E-state index contributed by atoms with van der Waals surface area (Å²) in [5.74, 6) is 1.37. The molecule has 8 nitrogen and oxygen atoms in total. The van der Waals surface area contributed by atoms with Crippen molar-refractivity contribution in [2.45, 2.75) is 23.7 Å². The highest BCUT2D eigenvalue weighted by Crippen LogP contribution is 2.40. The smallest absolute Gasteiger partial charge is 0.270 e. The molecule has 0 radical (unpaired) electrons. The van der Waals surface area contributed by atoms with Gasteiger partial charge in [-0.3, -0.25) is 4.72 Å². The second-order valence-electron chi connectivity index (χ2n) is 4.86. The van der Waals surface area contributed by atoms with Crippen molar-refractivity contribution in [3.8, 4) is 10.8 Å². The normalized spacial score (nSPS) is 15.1. The molecule has 0 aliphatic heterocycles. The van der Waals surface area contributed by atoms with Crippen LogP contribution in [0.1, 0.15) is 24.6 Å². The highest BCUT2D eigenvalue weighted by molar-refractivity contribution is 7.92. The van der Waals surface area contributed by atoms with Crippen LogP contribution in [0.5, 0.6) is 0 Å². The Kier molecular flexibility index (Phi) is 3.01. The zero-order chi connectivity index (χ0) is 15.2.